The average Bonchev–Trinajstić information content (AvgIpc) is 3.66. The average molecular weight is 1120 g/mol. The molecule has 4 rings (SSSR count). The van der Waals surface area contributed by atoms with E-state index in [2.05, 4.69) is 20.0 Å². The van der Waals surface area contributed by atoms with Gasteiger partial charge in [-0.05, 0) is 44.2 Å². The largest absolute Gasteiger partial charge is 0.420 e. The Morgan fingerprint density at radius 3 is 1.67 bits per heavy atom. The number of hydrogen-bond donors (Lipinski definition) is 2. The summed E-state index contributed by atoms with van der Waals surface area (Å²) in [6.07, 6.45) is 5.46. The number of ether oxygens (including phenoxy) is 11. The molecular weight excluding hydrogens is 1040 g/mol. The van der Waals surface area contributed by atoms with Crippen LogP contribution in [0.15, 0.2) is 28.9 Å². The van der Waals surface area contributed by atoms with E-state index in [1.54, 1.807) is 17.0 Å². The third-order valence-corrected chi connectivity index (χ3v) is 11.3. The predicted octanol–water partition coefficient (Wildman–Crippen LogP) is 4.12. The number of rotatable bonds is 42. The highest BCUT2D eigenvalue weighted by molar-refractivity contribution is 6.05. The molecule has 0 saturated carbocycles. The van der Waals surface area contributed by atoms with Crippen molar-refractivity contribution in [3.05, 3.63) is 58.4 Å². The number of aliphatic imine (C=N–C) groups is 1. The van der Waals surface area contributed by atoms with Gasteiger partial charge in [0, 0.05) is 56.9 Å². The summed E-state index contributed by atoms with van der Waals surface area (Å²) in [7, 11) is 0. The van der Waals surface area contributed by atoms with Crippen molar-refractivity contribution in [3.8, 4) is 5.75 Å². The summed E-state index contributed by atoms with van der Waals surface area (Å²) in [5.41, 5.74) is 7.82. The van der Waals surface area contributed by atoms with E-state index in [9.17, 15) is 36.7 Å². The van der Waals surface area contributed by atoms with Gasteiger partial charge in [-0.1, -0.05) is 6.92 Å². The van der Waals surface area contributed by atoms with Crippen molar-refractivity contribution < 1.29 is 93.7 Å². The lowest BCUT2D eigenvalue weighted by Gasteiger charge is -2.33. The molecule has 78 heavy (non-hydrogen) atoms. The van der Waals surface area contributed by atoms with Gasteiger partial charge in [-0.3, -0.25) is 29.0 Å². The van der Waals surface area contributed by atoms with Crippen LogP contribution in [-0.2, 0) is 66.6 Å². The third-order valence-electron chi connectivity index (χ3n) is 11.3. The number of benzene rings is 1. The summed E-state index contributed by atoms with van der Waals surface area (Å²) in [4.78, 5) is 67.3. The zero-order valence-electron chi connectivity index (χ0n) is 44.7. The maximum Gasteiger partial charge on any atom is 0.313 e. The lowest BCUT2D eigenvalue weighted by Crippen LogP contribution is -2.43. The number of nitrogens with zero attached hydrogens (tertiary/aromatic N) is 4. The van der Waals surface area contributed by atoms with Crippen LogP contribution in [0, 0.1) is 29.2 Å². The summed E-state index contributed by atoms with van der Waals surface area (Å²) in [5.74, 6) is -9.83. The number of halogens is 4. The second-order valence-corrected chi connectivity index (χ2v) is 17.4. The van der Waals surface area contributed by atoms with E-state index in [1.807, 2.05) is 13.8 Å². The SMILES string of the molecule is CCCN(OCC)C(=O)C1=Cc2ncc(C(=O)N3CCC[C@H](CNC(=O)CCOCCOCCOCCOCCOCCOCCOCCOCCOCCOCCC(=O)Oc4c(F)c(F)cc(F)c4F)C3)cc2N=C(N)C1. The third kappa shape index (κ3) is 25.7. The van der Waals surface area contributed by atoms with Gasteiger partial charge in [0.25, 0.3) is 11.8 Å². The number of hydrogen-bond acceptors (Lipinski definition) is 19. The quantitative estimate of drug-likeness (QED) is 0.0237. The number of pyridine rings is 1. The van der Waals surface area contributed by atoms with E-state index in [0.717, 1.165) is 19.3 Å². The molecule has 1 saturated heterocycles. The Morgan fingerprint density at radius 2 is 1.18 bits per heavy atom. The number of piperidine rings is 1. The number of fused-ring (bicyclic) bond motifs is 1. The normalized spacial score (nSPS) is 14.4. The fourth-order valence-corrected chi connectivity index (χ4v) is 7.42. The highest BCUT2D eigenvalue weighted by Crippen LogP contribution is 2.29. The molecule has 0 spiro atoms. The maximum absolute atomic E-state index is 13.6. The van der Waals surface area contributed by atoms with Crippen molar-refractivity contribution in [2.24, 2.45) is 16.6 Å². The van der Waals surface area contributed by atoms with Gasteiger partial charge < -0.3 is 68.1 Å². The minimum absolute atomic E-state index is 0.0132. The molecule has 2 aromatic rings. The summed E-state index contributed by atoms with van der Waals surface area (Å²) < 4.78 is 112. The zero-order chi connectivity index (χ0) is 56.2. The molecule has 0 aliphatic carbocycles. The number of amides is 3. The second kappa shape index (κ2) is 39.2. The Bertz CT molecular complexity index is 2150. The zero-order valence-corrected chi connectivity index (χ0v) is 44.7. The number of nitrogens with two attached hydrogens (primary N) is 1. The van der Waals surface area contributed by atoms with E-state index in [4.69, 9.17) is 57.9 Å². The molecule has 1 aromatic heterocycles. The lowest BCUT2D eigenvalue weighted by molar-refractivity contribution is -0.180. The van der Waals surface area contributed by atoms with Crippen LogP contribution < -0.4 is 15.8 Å². The number of carbonyl (C=O) groups excluding carboxylic acids is 4. The van der Waals surface area contributed by atoms with Crippen LogP contribution in [0.1, 0.15) is 68.4 Å². The smallest absolute Gasteiger partial charge is 0.313 e. The minimum Gasteiger partial charge on any atom is -0.420 e. The van der Waals surface area contributed by atoms with Gasteiger partial charge in [0.2, 0.25) is 23.3 Å². The van der Waals surface area contributed by atoms with Gasteiger partial charge >= 0.3 is 5.97 Å². The van der Waals surface area contributed by atoms with Gasteiger partial charge in [-0.2, -0.15) is 8.78 Å². The van der Waals surface area contributed by atoms with Crippen LogP contribution in [0.5, 0.6) is 5.75 Å². The summed E-state index contributed by atoms with van der Waals surface area (Å²) in [6.45, 7) is 12.5. The first-order chi connectivity index (χ1) is 37.9. The number of nitrogens with one attached hydrogen (secondary N) is 1. The topological polar surface area (TPSA) is 249 Å². The highest BCUT2D eigenvalue weighted by atomic mass is 19.2. The van der Waals surface area contributed by atoms with Gasteiger partial charge in [0.05, 0.1) is 162 Å². The first kappa shape index (κ1) is 65.3. The first-order valence-corrected chi connectivity index (χ1v) is 26.3. The fourth-order valence-electron chi connectivity index (χ4n) is 7.42. The fraction of sp³-hybridized carbons (Fsp3) is 0.654. The molecule has 3 amide bonds. The number of hydroxylamine groups is 2. The van der Waals surface area contributed by atoms with Crippen molar-refractivity contribution in [2.75, 3.05) is 165 Å². The first-order valence-electron chi connectivity index (χ1n) is 26.3. The van der Waals surface area contributed by atoms with Crippen LogP contribution in [-0.4, -0.2) is 209 Å². The van der Waals surface area contributed by atoms with Gasteiger partial charge in [-0.25, -0.2) is 18.8 Å². The molecular formula is C52H76F4N6O16. The monoisotopic (exact) mass is 1120 g/mol. The molecule has 0 unspecified atom stereocenters. The Balaban J connectivity index is 0.859. The van der Waals surface area contributed by atoms with Crippen LogP contribution in [0.2, 0.25) is 0 Å². The van der Waals surface area contributed by atoms with E-state index in [-0.39, 0.29) is 81.4 Å². The maximum atomic E-state index is 13.6. The summed E-state index contributed by atoms with van der Waals surface area (Å²) >= 11 is 0. The number of aromatic nitrogens is 1. The number of likely N-dealkylation sites (tertiary alicyclic amines) is 1. The predicted molar refractivity (Wildman–Crippen MR) is 273 cm³/mol. The molecule has 3 heterocycles. The Hall–Kier alpha value is -5.26. The van der Waals surface area contributed by atoms with Gasteiger partial charge in [0.1, 0.15) is 5.84 Å². The molecule has 0 radical (unpaired) electrons. The van der Waals surface area contributed by atoms with Gasteiger partial charge in [-0.15, -0.1) is 0 Å². The van der Waals surface area contributed by atoms with Gasteiger partial charge in [0.15, 0.2) is 11.6 Å². The van der Waals surface area contributed by atoms with Crippen molar-refractivity contribution in [1.82, 2.24) is 20.3 Å². The Morgan fingerprint density at radius 1 is 0.692 bits per heavy atom. The summed E-state index contributed by atoms with van der Waals surface area (Å²) in [5, 5.41) is 4.30. The van der Waals surface area contributed by atoms with E-state index in [0.29, 0.717) is 154 Å². The molecule has 438 valence electrons. The highest BCUT2D eigenvalue weighted by Gasteiger charge is 2.28. The van der Waals surface area contributed by atoms with E-state index in [1.165, 1.54) is 11.3 Å². The van der Waals surface area contributed by atoms with Crippen LogP contribution in [0.3, 0.4) is 0 Å². The van der Waals surface area contributed by atoms with E-state index < -0.39 is 41.4 Å². The van der Waals surface area contributed by atoms with Crippen molar-refractivity contribution in [2.45, 2.75) is 52.4 Å². The summed E-state index contributed by atoms with van der Waals surface area (Å²) in [6, 6.07) is 1.67. The molecule has 1 atom stereocenters. The molecule has 2 aliphatic rings. The molecule has 0 bridgehead atoms. The molecule has 3 N–H and O–H groups in total. The number of carbonyl (C=O) groups is 4. The molecule has 2 aliphatic heterocycles. The number of esters is 1. The molecule has 1 fully saturated rings. The van der Waals surface area contributed by atoms with E-state index >= 15 is 0 Å². The van der Waals surface area contributed by atoms with Crippen LogP contribution in [0.25, 0.3) is 6.08 Å². The lowest BCUT2D eigenvalue weighted by atomic mass is 9.97. The van der Waals surface area contributed by atoms with Crippen molar-refractivity contribution in [3.63, 3.8) is 0 Å². The molecule has 26 heteroatoms. The van der Waals surface area contributed by atoms with Crippen molar-refractivity contribution >= 4 is 41.3 Å². The minimum atomic E-state index is -1.80. The Kier molecular flexibility index (Phi) is 32.8. The van der Waals surface area contributed by atoms with Crippen LogP contribution in [0.4, 0.5) is 23.2 Å². The van der Waals surface area contributed by atoms with Crippen LogP contribution >= 0.6 is 0 Å². The van der Waals surface area contributed by atoms with Crippen molar-refractivity contribution in [1.29, 1.82) is 0 Å². The Labute approximate surface area is 452 Å². The number of amidine groups is 1. The second-order valence-electron chi connectivity index (χ2n) is 17.4. The standard InChI is InChI=1S/C52H76F4N6O16/c1-3-9-62(77-4-2)52(66)39-31-43-44(60-45(57)33-39)32-40(36-58-43)51(65)61-10-5-6-38(37-61)35-59-46(63)7-11-67-13-15-69-17-19-71-21-23-73-25-27-75-29-30-76-28-26-74-24-22-72-20-18-70-16-14-68-12-8-47(64)78-50-48(55)41(53)34-42(54)49(50)56/h31-32,34,36,38H,3-30,33,35,37H2,1-2H3,(H2,57,60)(H,59,63)/t38-/m1/s1. The molecule has 1 aromatic carbocycles. The molecule has 22 nitrogen and oxygen atoms in total.